The normalized spacial score (nSPS) is 25.0. The van der Waals surface area contributed by atoms with Crippen molar-refractivity contribution in [2.45, 2.75) is 76.9 Å². The molecule has 4 N–H and O–H groups in total. The minimum atomic E-state index is -0.704. The van der Waals surface area contributed by atoms with Crippen molar-refractivity contribution in [3.63, 3.8) is 0 Å². The molecule has 2 aliphatic carbocycles. The lowest BCUT2D eigenvalue weighted by Crippen LogP contribution is -2.28. The molecule has 178 valence electrons. The predicted molar refractivity (Wildman–Crippen MR) is 120 cm³/mol. The summed E-state index contributed by atoms with van der Waals surface area (Å²) in [5.74, 6) is 0.291. The fraction of sp³-hybridized carbons (Fsp3) is 0.680. The Hall–Kier alpha value is -2.12. The van der Waals surface area contributed by atoms with Gasteiger partial charge in [0.25, 0.3) is 5.91 Å². The summed E-state index contributed by atoms with van der Waals surface area (Å²) in [7, 11) is 0. The Bertz CT molecular complexity index is 782. The highest BCUT2D eigenvalue weighted by atomic mass is 16.6. The first-order valence-corrected chi connectivity index (χ1v) is 11.9. The van der Waals surface area contributed by atoms with E-state index in [0.29, 0.717) is 17.6 Å². The number of carbonyl (C=O) groups is 2. The summed E-state index contributed by atoms with van der Waals surface area (Å²) < 4.78 is 10.5. The zero-order valence-corrected chi connectivity index (χ0v) is 19.0. The van der Waals surface area contributed by atoms with Gasteiger partial charge in [-0.2, -0.15) is 0 Å². The second kappa shape index (κ2) is 11.7. The van der Waals surface area contributed by atoms with Crippen molar-refractivity contribution < 1.29 is 29.3 Å². The Morgan fingerprint density at radius 3 is 2.75 bits per heavy atom. The molecular weight excluding hydrogens is 410 g/mol. The average molecular weight is 448 g/mol. The smallest absolute Gasteiger partial charge is 0.344 e. The van der Waals surface area contributed by atoms with Gasteiger partial charge >= 0.3 is 5.97 Å². The van der Waals surface area contributed by atoms with Crippen LogP contribution in [0.4, 0.5) is 0 Å². The third-order valence-corrected chi connectivity index (χ3v) is 7.04. The lowest BCUT2D eigenvalue weighted by Gasteiger charge is -2.32. The van der Waals surface area contributed by atoms with Gasteiger partial charge in [-0.1, -0.05) is 38.3 Å². The Morgan fingerprint density at radius 1 is 1.19 bits per heavy atom. The molecule has 32 heavy (non-hydrogen) atoms. The molecule has 3 rings (SSSR count). The van der Waals surface area contributed by atoms with Gasteiger partial charge in [0.15, 0.2) is 13.2 Å². The molecular formula is C25H37NO6. The fourth-order valence-electron chi connectivity index (χ4n) is 5.43. The van der Waals surface area contributed by atoms with E-state index in [0.717, 1.165) is 63.4 Å². The molecule has 1 amide bonds. The van der Waals surface area contributed by atoms with Crippen LogP contribution < -0.4 is 10.5 Å². The summed E-state index contributed by atoms with van der Waals surface area (Å²) in [6.45, 7) is 1.43. The highest BCUT2D eigenvalue weighted by Gasteiger charge is 2.44. The van der Waals surface area contributed by atoms with Crippen LogP contribution in [0.25, 0.3) is 0 Å². The van der Waals surface area contributed by atoms with Crippen molar-refractivity contribution in [1.29, 1.82) is 0 Å². The number of benzene rings is 1. The Morgan fingerprint density at radius 2 is 2.00 bits per heavy atom. The van der Waals surface area contributed by atoms with Crippen LogP contribution in [0, 0.1) is 17.8 Å². The number of rotatable bonds is 12. The summed E-state index contributed by atoms with van der Waals surface area (Å²) in [5.41, 5.74) is 7.26. The number of amides is 1. The van der Waals surface area contributed by atoms with Gasteiger partial charge in [0, 0.05) is 0 Å². The van der Waals surface area contributed by atoms with Crippen LogP contribution in [0.15, 0.2) is 18.2 Å². The van der Waals surface area contributed by atoms with Crippen LogP contribution in [0.2, 0.25) is 0 Å². The number of hydrogen-bond acceptors (Lipinski definition) is 6. The average Bonchev–Trinajstić information content (AvgIpc) is 3.07. The first-order chi connectivity index (χ1) is 15.4. The summed E-state index contributed by atoms with van der Waals surface area (Å²) >= 11 is 0. The number of aliphatic hydroxyl groups is 2. The predicted octanol–water partition coefficient (Wildman–Crippen LogP) is 2.53. The Labute approximate surface area is 190 Å². The molecule has 7 nitrogen and oxygen atoms in total. The van der Waals surface area contributed by atoms with E-state index in [1.807, 2.05) is 12.1 Å². The van der Waals surface area contributed by atoms with E-state index in [1.54, 1.807) is 0 Å². The molecule has 1 aromatic carbocycles. The largest absolute Gasteiger partial charge is 0.482 e. The second-order valence-corrected chi connectivity index (χ2v) is 9.34. The lowest BCUT2D eigenvalue weighted by molar-refractivity contribution is -0.149. The highest BCUT2D eigenvalue weighted by Crippen LogP contribution is 2.48. The van der Waals surface area contributed by atoms with Gasteiger partial charge in [-0.25, -0.2) is 4.79 Å². The number of primary amides is 1. The minimum Gasteiger partial charge on any atom is -0.482 e. The monoisotopic (exact) mass is 447 g/mol. The van der Waals surface area contributed by atoms with E-state index >= 15 is 0 Å². The number of aliphatic hydroxyl groups excluding tert-OH is 2. The van der Waals surface area contributed by atoms with Crippen LogP contribution in [-0.2, 0) is 27.2 Å². The molecule has 0 bridgehead atoms. The number of carbonyl (C=O) groups excluding carboxylic acids is 2. The molecule has 1 saturated carbocycles. The maximum absolute atomic E-state index is 11.8. The third kappa shape index (κ3) is 6.45. The lowest BCUT2D eigenvalue weighted by atomic mass is 9.73. The number of esters is 1. The van der Waals surface area contributed by atoms with Gasteiger partial charge in [-0.3, -0.25) is 4.79 Å². The summed E-state index contributed by atoms with van der Waals surface area (Å²) in [5, 5.41) is 21.1. The van der Waals surface area contributed by atoms with E-state index in [9.17, 15) is 19.8 Å². The number of nitrogens with two attached hydrogens (primary N) is 1. The minimum absolute atomic E-state index is 0.210. The van der Waals surface area contributed by atoms with E-state index in [2.05, 4.69) is 13.0 Å². The first kappa shape index (κ1) is 24.5. The van der Waals surface area contributed by atoms with E-state index in [4.69, 9.17) is 15.2 Å². The summed E-state index contributed by atoms with van der Waals surface area (Å²) in [6, 6.07) is 5.85. The van der Waals surface area contributed by atoms with Crippen molar-refractivity contribution >= 4 is 11.9 Å². The topological polar surface area (TPSA) is 119 Å². The maximum Gasteiger partial charge on any atom is 0.344 e. The van der Waals surface area contributed by atoms with E-state index in [1.165, 1.54) is 5.56 Å². The van der Waals surface area contributed by atoms with Crippen LogP contribution >= 0.6 is 0 Å². The molecule has 0 radical (unpaired) electrons. The van der Waals surface area contributed by atoms with Gasteiger partial charge in [0.1, 0.15) is 5.75 Å². The molecule has 3 unspecified atom stereocenters. The van der Waals surface area contributed by atoms with Crippen LogP contribution in [0.1, 0.15) is 63.0 Å². The zero-order chi connectivity index (χ0) is 23.1. The van der Waals surface area contributed by atoms with E-state index < -0.39 is 18.5 Å². The molecule has 7 heteroatoms. The number of unbranched alkanes of at least 4 members (excludes halogenated alkanes) is 2. The fourth-order valence-corrected chi connectivity index (χ4v) is 5.43. The number of fused-ring (bicyclic) bond motifs is 2. The highest BCUT2D eigenvalue weighted by molar-refractivity contribution is 5.79. The molecule has 0 saturated heterocycles. The molecule has 5 atom stereocenters. The standard InChI is InChI=1S/C25H37NO6/c1-2-3-4-7-18(27)9-10-19-20-11-16-6-5-8-23(21(16)12-17(20)13-22(19)28)31-15-25(30)32-14-24(26)29/h5-6,8,17-20,22,27-28H,2-4,7,9-15H2,1H3,(H2,26,29)/t17?,18-,19-,20?,22?/m1/s1. The van der Waals surface area contributed by atoms with Gasteiger partial charge in [-0.05, 0) is 73.5 Å². The van der Waals surface area contributed by atoms with Gasteiger partial charge in [-0.15, -0.1) is 0 Å². The molecule has 2 aliphatic rings. The molecule has 0 spiro atoms. The second-order valence-electron chi connectivity index (χ2n) is 9.34. The van der Waals surface area contributed by atoms with Gasteiger partial charge in [0.2, 0.25) is 0 Å². The van der Waals surface area contributed by atoms with E-state index in [-0.39, 0.29) is 24.7 Å². The number of ether oxygens (including phenoxy) is 2. The number of hydrogen-bond donors (Lipinski definition) is 3. The van der Waals surface area contributed by atoms with Crippen molar-refractivity contribution in [3.8, 4) is 5.75 Å². The zero-order valence-electron chi connectivity index (χ0n) is 19.0. The Kier molecular flexibility index (Phi) is 8.93. The quantitative estimate of drug-likeness (QED) is 0.335. The Balaban J connectivity index is 1.58. The third-order valence-electron chi connectivity index (χ3n) is 7.04. The molecule has 1 fully saturated rings. The summed E-state index contributed by atoms with van der Waals surface area (Å²) in [6.07, 6.45) is 7.62. The first-order valence-electron chi connectivity index (χ1n) is 11.9. The van der Waals surface area contributed by atoms with Crippen LogP contribution in [-0.4, -0.2) is 47.5 Å². The maximum atomic E-state index is 11.8. The van der Waals surface area contributed by atoms with Crippen molar-refractivity contribution in [3.05, 3.63) is 29.3 Å². The van der Waals surface area contributed by atoms with Crippen LogP contribution in [0.5, 0.6) is 5.75 Å². The van der Waals surface area contributed by atoms with Crippen molar-refractivity contribution in [2.24, 2.45) is 23.5 Å². The van der Waals surface area contributed by atoms with Gasteiger partial charge < -0.3 is 25.4 Å². The molecule has 0 heterocycles. The molecule has 0 aromatic heterocycles. The van der Waals surface area contributed by atoms with Crippen molar-refractivity contribution in [2.75, 3.05) is 13.2 Å². The van der Waals surface area contributed by atoms with Crippen molar-refractivity contribution in [1.82, 2.24) is 0 Å². The summed E-state index contributed by atoms with van der Waals surface area (Å²) in [4.78, 5) is 22.5. The van der Waals surface area contributed by atoms with Gasteiger partial charge in [0.05, 0.1) is 12.2 Å². The SMILES string of the molecule is CCCCC[C@@H](O)CC[C@H]1C(O)CC2Cc3c(cccc3OCC(=O)OCC(N)=O)CC21. The van der Waals surface area contributed by atoms with Crippen LogP contribution in [0.3, 0.4) is 0 Å². The molecule has 1 aromatic rings. The molecule has 0 aliphatic heterocycles.